The van der Waals surface area contributed by atoms with E-state index >= 15 is 0 Å². The van der Waals surface area contributed by atoms with Gasteiger partial charge in [0.2, 0.25) is 11.8 Å². The molecular formula is C33H28Cl2N4O2S. The van der Waals surface area contributed by atoms with E-state index in [9.17, 15) is 9.59 Å². The molecule has 2 amide bonds. The topological polar surface area (TPSA) is 67.2 Å². The summed E-state index contributed by atoms with van der Waals surface area (Å²) in [6, 6.07) is 25.9. The van der Waals surface area contributed by atoms with Crippen LogP contribution in [-0.2, 0) is 23.2 Å². The van der Waals surface area contributed by atoms with Crippen LogP contribution in [0.1, 0.15) is 29.3 Å². The summed E-state index contributed by atoms with van der Waals surface area (Å²) in [6.07, 6.45) is 3.70. The van der Waals surface area contributed by atoms with Crippen LogP contribution in [0.2, 0.25) is 10.0 Å². The molecule has 6 rings (SSSR count). The number of amides is 2. The Morgan fingerprint density at radius 1 is 1.02 bits per heavy atom. The van der Waals surface area contributed by atoms with Crippen LogP contribution in [0.25, 0.3) is 10.9 Å². The molecule has 3 heterocycles. The highest BCUT2D eigenvalue weighted by Gasteiger charge is 2.59. The summed E-state index contributed by atoms with van der Waals surface area (Å²) in [7, 11) is 1.95. The van der Waals surface area contributed by atoms with Gasteiger partial charge >= 0.3 is 0 Å². The SMILES string of the molecule is Cc1ccc(S[C@@]2(C(=O)NCc3ccccn3)CC(=O)N(c3ccc(Cl)cc3)[C@@H]2c2cn(C)c3cc(Cl)ccc23)cc1. The molecule has 0 unspecified atom stereocenters. The number of aryl methyl sites for hydroxylation is 2. The largest absolute Gasteiger partial charge is 0.350 e. The van der Waals surface area contributed by atoms with Crippen LogP contribution >= 0.6 is 35.0 Å². The number of benzene rings is 3. The van der Waals surface area contributed by atoms with Gasteiger partial charge in [-0.3, -0.25) is 14.6 Å². The van der Waals surface area contributed by atoms with E-state index in [1.165, 1.54) is 11.8 Å². The maximum Gasteiger partial charge on any atom is 0.239 e. The number of nitrogens with one attached hydrogen (secondary N) is 1. The summed E-state index contributed by atoms with van der Waals surface area (Å²) in [5.74, 6) is -0.389. The van der Waals surface area contributed by atoms with Gasteiger partial charge in [0.1, 0.15) is 4.75 Å². The number of hydrogen-bond donors (Lipinski definition) is 1. The molecule has 2 atom stereocenters. The van der Waals surface area contributed by atoms with Crippen molar-refractivity contribution in [3.63, 3.8) is 0 Å². The molecule has 1 N–H and O–H groups in total. The number of pyridine rings is 1. The molecule has 3 aromatic carbocycles. The van der Waals surface area contributed by atoms with Crippen LogP contribution in [0.3, 0.4) is 0 Å². The molecule has 0 spiro atoms. The summed E-state index contributed by atoms with van der Waals surface area (Å²) in [4.78, 5) is 35.7. The molecule has 1 saturated heterocycles. The summed E-state index contributed by atoms with van der Waals surface area (Å²) in [6.45, 7) is 2.26. The van der Waals surface area contributed by atoms with Gasteiger partial charge in [-0.05, 0) is 67.6 Å². The molecule has 5 aromatic rings. The van der Waals surface area contributed by atoms with Gasteiger partial charge in [0.05, 0.1) is 24.7 Å². The summed E-state index contributed by atoms with van der Waals surface area (Å²) in [5, 5.41) is 5.23. The molecular weight excluding hydrogens is 587 g/mol. The Balaban J connectivity index is 1.55. The number of carbonyl (C=O) groups excluding carboxylic acids is 2. The number of anilines is 1. The number of halogens is 2. The molecule has 0 radical (unpaired) electrons. The number of aromatic nitrogens is 2. The highest BCUT2D eigenvalue weighted by Crippen LogP contribution is 2.55. The molecule has 42 heavy (non-hydrogen) atoms. The zero-order valence-electron chi connectivity index (χ0n) is 23.1. The highest BCUT2D eigenvalue weighted by molar-refractivity contribution is 8.01. The van der Waals surface area contributed by atoms with Gasteiger partial charge in [-0.2, -0.15) is 0 Å². The second kappa shape index (κ2) is 11.5. The zero-order valence-corrected chi connectivity index (χ0v) is 25.4. The second-order valence-electron chi connectivity index (χ2n) is 10.5. The molecule has 0 aliphatic carbocycles. The minimum absolute atomic E-state index is 0.00311. The van der Waals surface area contributed by atoms with Crippen LogP contribution < -0.4 is 10.2 Å². The number of hydrogen-bond acceptors (Lipinski definition) is 4. The van der Waals surface area contributed by atoms with Crippen molar-refractivity contribution >= 4 is 63.4 Å². The lowest BCUT2D eigenvalue weighted by molar-refractivity contribution is -0.125. The fourth-order valence-corrected chi connectivity index (χ4v) is 7.32. The average Bonchev–Trinajstić information content (AvgIpc) is 3.46. The molecule has 0 saturated carbocycles. The van der Waals surface area contributed by atoms with Gasteiger partial charge < -0.3 is 14.8 Å². The van der Waals surface area contributed by atoms with Crippen LogP contribution in [0.15, 0.2) is 102 Å². The Morgan fingerprint density at radius 3 is 2.48 bits per heavy atom. The lowest BCUT2D eigenvalue weighted by Crippen LogP contribution is -2.48. The van der Waals surface area contributed by atoms with E-state index in [0.717, 1.165) is 32.6 Å². The standard InChI is InChI=1S/C33H28Cl2N4O2S/c1-21-6-13-26(14-7-21)42-33(32(41)37-19-24-5-3-4-16-36-24)18-30(40)39(25-11-8-22(34)9-12-25)31(33)28-20-38(2)29-17-23(35)10-15-27(28)29/h3-17,20,31H,18-19H2,1-2H3,(H,37,41)/t31-,33+/m1/s1. The smallest absolute Gasteiger partial charge is 0.239 e. The summed E-state index contributed by atoms with van der Waals surface area (Å²) < 4.78 is 0.779. The lowest BCUT2D eigenvalue weighted by Gasteiger charge is -2.36. The predicted octanol–water partition coefficient (Wildman–Crippen LogP) is 7.51. The molecule has 1 aliphatic heterocycles. The maximum absolute atomic E-state index is 14.6. The van der Waals surface area contributed by atoms with Gasteiger partial charge in [0.25, 0.3) is 0 Å². The number of carbonyl (C=O) groups is 2. The predicted molar refractivity (Wildman–Crippen MR) is 170 cm³/mol. The monoisotopic (exact) mass is 614 g/mol. The molecule has 212 valence electrons. The van der Waals surface area contributed by atoms with Crippen molar-refractivity contribution in [2.45, 2.75) is 35.6 Å². The average molecular weight is 616 g/mol. The fraction of sp³-hybridized carbons (Fsp3) is 0.182. The van der Waals surface area contributed by atoms with E-state index in [4.69, 9.17) is 23.2 Å². The molecule has 9 heteroatoms. The highest BCUT2D eigenvalue weighted by atomic mass is 35.5. The summed E-state index contributed by atoms with van der Waals surface area (Å²) >= 11 is 14.0. The van der Waals surface area contributed by atoms with Crippen LogP contribution in [0, 0.1) is 6.92 Å². The first-order chi connectivity index (χ1) is 20.2. The van der Waals surface area contributed by atoms with E-state index < -0.39 is 10.8 Å². The normalized spacial score (nSPS) is 18.5. The first-order valence-corrected chi connectivity index (χ1v) is 15.1. The Bertz CT molecular complexity index is 1770. The van der Waals surface area contributed by atoms with Gasteiger partial charge in [-0.15, -0.1) is 11.8 Å². The zero-order chi connectivity index (χ0) is 29.4. The fourth-order valence-electron chi connectivity index (χ4n) is 5.63. The third-order valence-electron chi connectivity index (χ3n) is 7.63. The lowest BCUT2D eigenvalue weighted by atomic mass is 9.91. The van der Waals surface area contributed by atoms with E-state index in [1.807, 2.05) is 97.5 Å². The second-order valence-corrected chi connectivity index (χ2v) is 12.8. The third kappa shape index (κ3) is 5.28. The van der Waals surface area contributed by atoms with Gasteiger partial charge in [-0.25, -0.2) is 0 Å². The minimum Gasteiger partial charge on any atom is -0.350 e. The quantitative estimate of drug-likeness (QED) is 0.206. The van der Waals surface area contributed by atoms with Crippen LogP contribution in [0.5, 0.6) is 0 Å². The van der Waals surface area contributed by atoms with Crippen molar-refractivity contribution in [3.8, 4) is 0 Å². The van der Waals surface area contributed by atoms with E-state index in [2.05, 4.69) is 10.3 Å². The number of thioether (sulfide) groups is 1. The van der Waals surface area contributed by atoms with Crippen LogP contribution in [-0.4, -0.2) is 26.1 Å². The molecule has 6 nitrogen and oxygen atoms in total. The van der Waals surface area contributed by atoms with Crippen molar-refractivity contribution in [2.24, 2.45) is 7.05 Å². The maximum atomic E-state index is 14.6. The van der Waals surface area contributed by atoms with Crippen molar-refractivity contribution in [1.82, 2.24) is 14.9 Å². The number of nitrogens with zero attached hydrogens (tertiary/aromatic N) is 3. The Hall–Kier alpha value is -3.78. The van der Waals surface area contributed by atoms with Crippen molar-refractivity contribution in [1.29, 1.82) is 0 Å². The van der Waals surface area contributed by atoms with E-state index in [1.54, 1.807) is 23.2 Å². The molecule has 2 aromatic heterocycles. The Labute approximate surface area is 258 Å². The molecule has 1 fully saturated rings. The van der Waals surface area contributed by atoms with Crippen LogP contribution in [0.4, 0.5) is 5.69 Å². The van der Waals surface area contributed by atoms with Gasteiger partial charge in [0.15, 0.2) is 0 Å². The van der Waals surface area contributed by atoms with Crippen molar-refractivity contribution in [2.75, 3.05) is 4.90 Å². The Morgan fingerprint density at radius 2 is 1.76 bits per heavy atom. The van der Waals surface area contributed by atoms with E-state index in [0.29, 0.717) is 15.7 Å². The molecule has 1 aliphatic rings. The van der Waals surface area contributed by atoms with Gasteiger partial charge in [0, 0.05) is 56.5 Å². The molecule has 0 bridgehead atoms. The third-order valence-corrected chi connectivity index (χ3v) is 9.54. The summed E-state index contributed by atoms with van der Waals surface area (Å²) in [5.41, 5.74) is 4.29. The number of rotatable bonds is 7. The Kier molecular flexibility index (Phi) is 7.75. The van der Waals surface area contributed by atoms with Crippen molar-refractivity contribution in [3.05, 3.63) is 124 Å². The van der Waals surface area contributed by atoms with Crippen molar-refractivity contribution < 1.29 is 9.59 Å². The van der Waals surface area contributed by atoms with Gasteiger partial charge in [-0.1, -0.05) is 53.0 Å². The first kappa shape index (κ1) is 28.3. The number of fused-ring (bicyclic) bond motifs is 1. The first-order valence-electron chi connectivity index (χ1n) is 13.5. The minimum atomic E-state index is -1.21. The van der Waals surface area contributed by atoms with E-state index in [-0.39, 0.29) is 24.8 Å².